The Morgan fingerprint density at radius 2 is 1.57 bits per heavy atom. The molecule has 7 nitrogen and oxygen atoms in total. The summed E-state index contributed by atoms with van der Waals surface area (Å²) < 4.78 is 88.5. The van der Waals surface area contributed by atoms with E-state index in [0.717, 1.165) is 49.3 Å². The zero-order valence-corrected chi connectivity index (χ0v) is 26.8. The Bertz CT molecular complexity index is 1520. The molecule has 47 heavy (non-hydrogen) atoms. The first-order chi connectivity index (χ1) is 22.2. The molecule has 0 radical (unpaired) electrons. The molecular weight excluding hydrogens is 624 g/mol. The molecule has 0 N–H and O–H groups in total. The third kappa shape index (κ3) is 7.59. The largest absolute Gasteiger partial charge is 0.449 e. The van der Waals surface area contributed by atoms with Gasteiger partial charge < -0.3 is 14.5 Å². The van der Waals surface area contributed by atoms with Gasteiger partial charge in [0.25, 0.3) is 0 Å². The number of aryl methyl sites for hydroxylation is 1. The van der Waals surface area contributed by atoms with Crippen LogP contribution in [0.15, 0.2) is 48.8 Å². The van der Waals surface area contributed by atoms with Gasteiger partial charge in [-0.3, -0.25) is 4.90 Å². The van der Waals surface area contributed by atoms with Gasteiger partial charge in [0.1, 0.15) is 0 Å². The number of alkyl halides is 6. The van der Waals surface area contributed by atoms with Crippen molar-refractivity contribution in [1.29, 1.82) is 0 Å². The molecule has 0 spiro atoms. The minimum atomic E-state index is -4.99. The summed E-state index contributed by atoms with van der Waals surface area (Å²) in [6.45, 7) is 9.16. The fourth-order valence-corrected chi connectivity index (χ4v) is 6.45. The van der Waals surface area contributed by atoms with E-state index in [1.165, 1.54) is 0 Å². The minimum absolute atomic E-state index is 0.127. The number of rotatable bonds is 7. The number of aromatic nitrogens is 2. The summed E-state index contributed by atoms with van der Waals surface area (Å²) in [7, 11) is 0. The lowest BCUT2D eigenvalue weighted by Crippen LogP contribution is -2.48. The van der Waals surface area contributed by atoms with Crippen molar-refractivity contribution in [2.45, 2.75) is 84.4 Å². The molecule has 0 unspecified atom stereocenters. The summed E-state index contributed by atoms with van der Waals surface area (Å²) in [4.78, 5) is 27.9. The van der Waals surface area contributed by atoms with Crippen LogP contribution in [-0.4, -0.2) is 41.8 Å². The number of piperidine rings is 1. The van der Waals surface area contributed by atoms with Gasteiger partial charge in [-0.15, -0.1) is 0 Å². The Morgan fingerprint density at radius 1 is 0.957 bits per heavy atom. The van der Waals surface area contributed by atoms with Gasteiger partial charge in [0.05, 0.1) is 47.5 Å². The summed E-state index contributed by atoms with van der Waals surface area (Å²) in [6, 6.07) is 6.16. The van der Waals surface area contributed by atoms with Gasteiger partial charge in [-0.25, -0.2) is 14.8 Å². The first-order valence-corrected chi connectivity index (χ1v) is 15.9. The molecular formula is C34H39F6N5O2. The van der Waals surface area contributed by atoms with Crippen LogP contribution in [0.5, 0.6) is 0 Å². The molecule has 0 saturated carbocycles. The van der Waals surface area contributed by atoms with Gasteiger partial charge in [-0.1, -0.05) is 31.5 Å². The van der Waals surface area contributed by atoms with Crippen LogP contribution in [0.3, 0.4) is 0 Å². The van der Waals surface area contributed by atoms with Crippen molar-refractivity contribution in [1.82, 2.24) is 9.97 Å². The van der Waals surface area contributed by atoms with Gasteiger partial charge in [-0.05, 0) is 80.8 Å². The molecule has 3 heterocycles. The molecule has 13 heteroatoms. The van der Waals surface area contributed by atoms with E-state index in [-0.39, 0.29) is 36.8 Å². The monoisotopic (exact) mass is 663 g/mol. The molecule has 1 fully saturated rings. The molecule has 2 aliphatic heterocycles. The highest BCUT2D eigenvalue weighted by Crippen LogP contribution is 2.44. The van der Waals surface area contributed by atoms with E-state index in [2.05, 4.69) is 21.8 Å². The number of anilines is 3. The topological polar surface area (TPSA) is 61.8 Å². The van der Waals surface area contributed by atoms with Gasteiger partial charge in [0.2, 0.25) is 5.95 Å². The number of halogens is 6. The van der Waals surface area contributed by atoms with Crippen LogP contribution in [0.2, 0.25) is 0 Å². The van der Waals surface area contributed by atoms with Crippen molar-refractivity contribution in [2.24, 2.45) is 5.92 Å². The van der Waals surface area contributed by atoms with E-state index >= 15 is 0 Å². The van der Waals surface area contributed by atoms with E-state index in [1.807, 2.05) is 26.0 Å². The Kier molecular flexibility index (Phi) is 9.93. The van der Waals surface area contributed by atoms with E-state index in [0.29, 0.717) is 30.0 Å². The van der Waals surface area contributed by atoms with Crippen molar-refractivity contribution in [3.05, 3.63) is 76.6 Å². The van der Waals surface area contributed by atoms with Crippen LogP contribution in [-0.2, 0) is 23.6 Å². The lowest BCUT2D eigenvalue weighted by atomic mass is 9.87. The number of hydrogen-bond donors (Lipinski definition) is 0. The molecule has 0 bridgehead atoms. The fourth-order valence-electron chi connectivity index (χ4n) is 6.45. The summed E-state index contributed by atoms with van der Waals surface area (Å²) in [5, 5.41) is 0. The Balaban J connectivity index is 1.63. The second-order valence-electron chi connectivity index (χ2n) is 12.4. The molecule has 1 saturated heterocycles. The van der Waals surface area contributed by atoms with E-state index < -0.39 is 35.6 Å². The molecule has 2 aromatic carbocycles. The van der Waals surface area contributed by atoms with Crippen molar-refractivity contribution in [3.63, 3.8) is 0 Å². The molecule has 254 valence electrons. The normalized spacial score (nSPS) is 19.0. The average molecular weight is 664 g/mol. The molecule has 1 aromatic heterocycles. The van der Waals surface area contributed by atoms with Crippen LogP contribution in [0.1, 0.15) is 80.3 Å². The fraction of sp³-hybridized carbons (Fsp3) is 0.500. The summed E-state index contributed by atoms with van der Waals surface area (Å²) in [6.07, 6.45) is -4.35. The molecule has 2 atom stereocenters. The lowest BCUT2D eigenvalue weighted by molar-refractivity contribution is -0.143. The molecule has 0 aliphatic carbocycles. The number of hydrogen-bond acceptors (Lipinski definition) is 6. The zero-order valence-electron chi connectivity index (χ0n) is 26.8. The maximum absolute atomic E-state index is 13.9. The first-order valence-electron chi connectivity index (χ1n) is 15.9. The van der Waals surface area contributed by atoms with E-state index in [1.54, 1.807) is 35.2 Å². The van der Waals surface area contributed by atoms with Crippen LogP contribution in [0, 0.1) is 12.8 Å². The standard InChI is InChI=1S/C34H39F6N5O2/c1-5-26-17-30(28-13-22(4)7-8-29(28)45(26)32(46)47-6-2)44(31-41-18-27(19-42-31)43-11-9-21(3)10-12-43)20-23-14-24(33(35,36)37)16-25(15-23)34(38,39)40/h7-8,13-16,18-19,21,26,30H,5-6,9-12,17,20H2,1-4H3/t26-,30+/m1/s1. The Labute approximate surface area is 270 Å². The highest BCUT2D eigenvalue weighted by atomic mass is 19.4. The molecule has 3 aromatic rings. The number of carbonyl (C=O) groups excluding carboxylic acids is 1. The quantitative estimate of drug-likeness (QED) is 0.235. The predicted molar refractivity (Wildman–Crippen MR) is 167 cm³/mol. The summed E-state index contributed by atoms with van der Waals surface area (Å²) in [5.74, 6) is 0.758. The van der Waals surface area contributed by atoms with Gasteiger partial charge in [0, 0.05) is 25.7 Å². The van der Waals surface area contributed by atoms with Gasteiger partial charge >= 0.3 is 18.4 Å². The summed E-state index contributed by atoms with van der Waals surface area (Å²) >= 11 is 0. The number of carbonyl (C=O) groups is 1. The second-order valence-corrected chi connectivity index (χ2v) is 12.4. The number of nitrogens with zero attached hydrogens (tertiary/aromatic N) is 5. The number of benzene rings is 2. The van der Waals surface area contributed by atoms with Crippen LogP contribution >= 0.6 is 0 Å². The van der Waals surface area contributed by atoms with Crippen LogP contribution in [0.25, 0.3) is 0 Å². The maximum Gasteiger partial charge on any atom is 0.416 e. The molecule has 5 rings (SSSR count). The molecule has 2 aliphatic rings. The SMILES string of the molecule is CCOC(=O)N1c2ccc(C)cc2[C@@H](N(Cc2cc(C(F)(F)F)cc(C(F)(F)F)c2)c2ncc(N3CCC(C)CC3)cn2)C[C@H]1CC. The second kappa shape index (κ2) is 13.6. The zero-order chi connectivity index (χ0) is 34.1. The highest BCUT2D eigenvalue weighted by molar-refractivity contribution is 5.90. The van der Waals surface area contributed by atoms with Crippen molar-refractivity contribution in [3.8, 4) is 0 Å². The predicted octanol–water partition coefficient (Wildman–Crippen LogP) is 8.95. The lowest BCUT2D eigenvalue weighted by Gasteiger charge is -2.44. The third-order valence-electron chi connectivity index (χ3n) is 9.00. The van der Waals surface area contributed by atoms with E-state index in [9.17, 15) is 31.1 Å². The minimum Gasteiger partial charge on any atom is -0.449 e. The van der Waals surface area contributed by atoms with Gasteiger partial charge in [0.15, 0.2) is 0 Å². The van der Waals surface area contributed by atoms with E-state index in [4.69, 9.17) is 4.74 Å². The van der Waals surface area contributed by atoms with Crippen LogP contribution in [0.4, 0.5) is 48.5 Å². The number of fused-ring (bicyclic) bond motifs is 1. The van der Waals surface area contributed by atoms with Crippen LogP contribution < -0.4 is 14.7 Å². The number of ether oxygens (including phenoxy) is 1. The maximum atomic E-state index is 13.9. The third-order valence-corrected chi connectivity index (χ3v) is 9.00. The smallest absolute Gasteiger partial charge is 0.416 e. The summed E-state index contributed by atoms with van der Waals surface area (Å²) in [5.41, 5.74) is -0.0970. The van der Waals surface area contributed by atoms with Crippen molar-refractivity contribution >= 4 is 23.4 Å². The molecule has 1 amide bonds. The number of amides is 1. The van der Waals surface area contributed by atoms with Crippen molar-refractivity contribution in [2.75, 3.05) is 34.4 Å². The average Bonchev–Trinajstić information content (AvgIpc) is 3.02. The Hall–Kier alpha value is -4.03. The van der Waals surface area contributed by atoms with Gasteiger partial charge in [-0.2, -0.15) is 26.3 Å². The Morgan fingerprint density at radius 3 is 2.13 bits per heavy atom. The highest BCUT2D eigenvalue weighted by Gasteiger charge is 2.41. The first kappa shape index (κ1) is 34.3. The van der Waals surface area contributed by atoms with Crippen molar-refractivity contribution < 1.29 is 35.9 Å².